The zero-order valence-electron chi connectivity index (χ0n) is 6.62. The number of hydrogen-bond donors (Lipinski definition) is 2. The molecule has 0 radical (unpaired) electrons. The molecule has 0 aliphatic carbocycles. The van der Waals surface area contributed by atoms with E-state index >= 15 is 0 Å². The zero-order valence-corrected chi connectivity index (χ0v) is 9.59. The second kappa shape index (κ2) is 7.57. The monoisotopic (exact) mass is 295 g/mol. The van der Waals surface area contributed by atoms with E-state index < -0.39 is 0 Å². The maximum atomic E-state index is 7.44. The van der Waals surface area contributed by atoms with E-state index in [-0.39, 0.29) is 0 Å². The van der Waals surface area contributed by atoms with Crippen LogP contribution < -0.4 is 0 Å². The van der Waals surface area contributed by atoms with Gasteiger partial charge in [0.05, 0.1) is 5.04 Å². The first kappa shape index (κ1) is 11.9. The third kappa shape index (κ3) is 4.08. The van der Waals surface area contributed by atoms with Gasteiger partial charge in [-0.15, -0.1) is 11.8 Å². The Balaban J connectivity index is 0.000000561. The highest BCUT2D eigenvalue weighted by Crippen LogP contribution is 2.07. The normalized spacial score (nSPS) is 8.25. The Morgan fingerprint density at radius 1 is 1.33 bits per heavy atom. The van der Waals surface area contributed by atoms with Crippen molar-refractivity contribution in [1.29, 1.82) is 5.41 Å². The molecule has 1 aromatic carbocycles. The third-order valence-corrected chi connectivity index (χ3v) is 1.88. The summed E-state index contributed by atoms with van der Waals surface area (Å²) in [4.78, 5) is 0. The minimum Gasteiger partial charge on any atom is -0.331 e. The van der Waals surface area contributed by atoms with Crippen molar-refractivity contribution in [1.82, 2.24) is 0 Å². The Hall–Kier alpha value is -0.0700. The Bertz CT molecular complexity index is 228. The number of halogens is 1. The summed E-state index contributed by atoms with van der Waals surface area (Å²) in [5, 5.41) is 8.07. The van der Waals surface area contributed by atoms with Gasteiger partial charge in [-0.3, -0.25) is 5.41 Å². The van der Waals surface area contributed by atoms with Crippen LogP contribution in [0.1, 0.15) is 5.56 Å². The van der Waals surface area contributed by atoms with Crippen molar-refractivity contribution in [2.24, 2.45) is 0 Å². The average molecular weight is 295 g/mol. The summed E-state index contributed by atoms with van der Waals surface area (Å²) in [5.74, 6) is 0. The van der Waals surface area contributed by atoms with E-state index in [0.29, 0.717) is 5.04 Å². The molecule has 1 aromatic rings. The second-order valence-corrected chi connectivity index (χ2v) is 2.72. The molecule has 0 bridgehead atoms. The molecular formula is C8H10INOS. The molecule has 0 amide bonds. The van der Waals surface area contributed by atoms with E-state index in [1.54, 1.807) is 0 Å². The van der Waals surface area contributed by atoms with E-state index in [2.05, 4.69) is 0 Å². The van der Waals surface area contributed by atoms with E-state index in [9.17, 15) is 0 Å². The molecule has 0 atom stereocenters. The molecule has 0 fully saturated rings. The van der Waals surface area contributed by atoms with Crippen molar-refractivity contribution in [2.75, 3.05) is 6.26 Å². The Morgan fingerprint density at radius 2 is 1.83 bits per heavy atom. The minimum atomic E-state index is 0.626. The zero-order chi connectivity index (χ0) is 9.40. The van der Waals surface area contributed by atoms with Gasteiger partial charge >= 0.3 is 0 Å². The van der Waals surface area contributed by atoms with Crippen molar-refractivity contribution >= 4 is 39.8 Å². The molecule has 0 heterocycles. The molecule has 2 N–H and O–H groups in total. The van der Waals surface area contributed by atoms with Crippen molar-refractivity contribution in [3.8, 4) is 0 Å². The fraction of sp³-hybridized carbons (Fsp3) is 0.125. The van der Waals surface area contributed by atoms with Crippen LogP contribution in [0.3, 0.4) is 0 Å². The molecule has 0 aliphatic rings. The van der Waals surface area contributed by atoms with Crippen LogP contribution in [0.4, 0.5) is 0 Å². The maximum Gasteiger partial charge on any atom is 0.106 e. The quantitative estimate of drug-likeness (QED) is 0.475. The highest BCUT2D eigenvalue weighted by atomic mass is 127. The lowest BCUT2D eigenvalue weighted by atomic mass is 10.2. The largest absolute Gasteiger partial charge is 0.331 e. The van der Waals surface area contributed by atoms with Gasteiger partial charge in [-0.2, -0.15) is 0 Å². The summed E-state index contributed by atoms with van der Waals surface area (Å²) < 4.78 is 6.97. The van der Waals surface area contributed by atoms with Crippen LogP contribution in [0.5, 0.6) is 0 Å². The standard InChI is InChI=1S/C8H9NS.HIO/c1-10-8(9)7-5-3-2-4-6-7;1-2/h2-6,9H,1H3;2H. The topological polar surface area (TPSA) is 44.1 Å². The first-order chi connectivity index (χ1) is 5.84. The van der Waals surface area contributed by atoms with Crippen LogP contribution in [0, 0.1) is 5.41 Å². The Morgan fingerprint density at radius 3 is 2.25 bits per heavy atom. The predicted octanol–water partition coefficient (Wildman–Crippen LogP) is 2.70. The smallest absolute Gasteiger partial charge is 0.106 e. The number of nitrogens with one attached hydrogen (secondary N) is 1. The fourth-order valence-electron chi connectivity index (χ4n) is 0.707. The van der Waals surface area contributed by atoms with Gasteiger partial charge < -0.3 is 3.44 Å². The molecule has 0 saturated heterocycles. The molecular weight excluding hydrogens is 285 g/mol. The summed E-state index contributed by atoms with van der Waals surface area (Å²) in [6, 6.07) is 9.73. The number of rotatable bonds is 1. The van der Waals surface area contributed by atoms with Gasteiger partial charge in [0.15, 0.2) is 0 Å². The van der Waals surface area contributed by atoms with Gasteiger partial charge in [-0.1, -0.05) is 30.3 Å². The molecule has 0 spiro atoms. The minimum absolute atomic E-state index is 0.626. The predicted molar refractivity (Wildman–Crippen MR) is 63.0 cm³/mol. The summed E-state index contributed by atoms with van der Waals surface area (Å²) in [6.45, 7) is 0. The molecule has 0 aliphatic heterocycles. The Labute approximate surface area is 90.6 Å². The molecule has 12 heavy (non-hydrogen) atoms. The molecule has 1 rings (SSSR count). The van der Waals surface area contributed by atoms with Crippen molar-refractivity contribution < 1.29 is 3.44 Å². The summed E-state index contributed by atoms with van der Waals surface area (Å²) >= 11 is 2.61. The molecule has 4 heteroatoms. The van der Waals surface area contributed by atoms with Crippen LogP contribution in [0.15, 0.2) is 30.3 Å². The van der Waals surface area contributed by atoms with Gasteiger partial charge in [-0.25, -0.2) is 0 Å². The number of benzene rings is 1. The van der Waals surface area contributed by atoms with Crippen LogP contribution >= 0.6 is 34.8 Å². The first-order valence-electron chi connectivity index (χ1n) is 3.19. The van der Waals surface area contributed by atoms with Crippen LogP contribution in [0.2, 0.25) is 0 Å². The maximum absolute atomic E-state index is 7.44. The van der Waals surface area contributed by atoms with E-state index in [1.807, 2.05) is 36.6 Å². The Kier molecular flexibility index (Phi) is 7.53. The molecule has 0 aromatic heterocycles. The van der Waals surface area contributed by atoms with Gasteiger partial charge in [0.25, 0.3) is 0 Å². The lowest BCUT2D eigenvalue weighted by molar-refractivity contribution is 0.748. The van der Waals surface area contributed by atoms with Crippen LogP contribution in [0.25, 0.3) is 0 Å². The van der Waals surface area contributed by atoms with Gasteiger partial charge in [0.1, 0.15) is 23.0 Å². The lowest BCUT2D eigenvalue weighted by Gasteiger charge is -1.96. The summed E-state index contributed by atoms with van der Waals surface area (Å²) in [5.41, 5.74) is 0.995. The molecule has 66 valence electrons. The second-order valence-electron chi connectivity index (χ2n) is 1.90. The lowest BCUT2D eigenvalue weighted by Crippen LogP contribution is -1.89. The highest BCUT2D eigenvalue weighted by molar-refractivity contribution is 14.1. The van der Waals surface area contributed by atoms with Crippen molar-refractivity contribution in [2.45, 2.75) is 0 Å². The van der Waals surface area contributed by atoms with Gasteiger partial charge in [-0.05, 0) is 6.26 Å². The highest BCUT2D eigenvalue weighted by Gasteiger charge is 1.94. The third-order valence-electron chi connectivity index (χ3n) is 1.24. The van der Waals surface area contributed by atoms with Gasteiger partial charge in [0.2, 0.25) is 0 Å². The fourth-order valence-corrected chi connectivity index (χ4v) is 1.08. The van der Waals surface area contributed by atoms with Gasteiger partial charge in [0, 0.05) is 5.56 Å². The molecule has 0 unspecified atom stereocenters. The van der Waals surface area contributed by atoms with Crippen LogP contribution in [-0.2, 0) is 0 Å². The SMILES string of the molecule is CSC(=N)c1ccccc1.OI. The molecule has 0 saturated carbocycles. The van der Waals surface area contributed by atoms with Crippen molar-refractivity contribution in [3.63, 3.8) is 0 Å². The average Bonchev–Trinajstić information content (AvgIpc) is 2.21. The summed E-state index contributed by atoms with van der Waals surface area (Å²) in [6.07, 6.45) is 1.91. The van der Waals surface area contributed by atoms with Crippen LogP contribution in [-0.4, -0.2) is 14.7 Å². The number of hydrogen-bond acceptors (Lipinski definition) is 3. The summed E-state index contributed by atoms with van der Waals surface area (Å²) in [7, 11) is 0. The van der Waals surface area contributed by atoms with E-state index in [1.165, 1.54) is 11.8 Å². The molecule has 2 nitrogen and oxygen atoms in total. The van der Waals surface area contributed by atoms with E-state index in [4.69, 9.17) is 8.85 Å². The first-order valence-corrected chi connectivity index (χ1v) is 5.38. The number of thioether (sulfide) groups is 1. The van der Waals surface area contributed by atoms with E-state index in [0.717, 1.165) is 28.6 Å². The van der Waals surface area contributed by atoms with Crippen molar-refractivity contribution in [3.05, 3.63) is 35.9 Å².